The molecule has 1 unspecified atom stereocenters. The van der Waals surface area contributed by atoms with E-state index in [0.717, 1.165) is 19.7 Å². The Balaban J connectivity index is 2.13. The third kappa shape index (κ3) is 2.90. The molecule has 1 saturated heterocycles. The molecule has 1 N–H and O–H groups in total. The fourth-order valence-electron chi connectivity index (χ4n) is 0.932. The maximum atomic E-state index is 5.49. The number of nitrogens with one attached hydrogen (secondary N) is 1. The summed E-state index contributed by atoms with van der Waals surface area (Å²) in [5, 5.41) is 3.97. The second kappa shape index (κ2) is 4.21. The van der Waals surface area contributed by atoms with E-state index in [2.05, 4.69) is 19.2 Å². The van der Waals surface area contributed by atoms with E-state index in [-0.39, 0.29) is 0 Å². The molecule has 3 heteroatoms. The minimum atomic E-state index is 0.383. The van der Waals surface area contributed by atoms with Crippen molar-refractivity contribution >= 4 is 11.8 Å². The number of thioether (sulfide) groups is 1. The third-order valence-electron chi connectivity index (χ3n) is 1.32. The molecule has 1 atom stereocenters. The van der Waals surface area contributed by atoms with E-state index in [1.165, 1.54) is 0 Å². The van der Waals surface area contributed by atoms with E-state index in [0.29, 0.717) is 10.7 Å². The number of hydrogen-bond donors (Lipinski definition) is 1. The highest BCUT2D eigenvalue weighted by Gasteiger charge is 2.14. The summed E-state index contributed by atoms with van der Waals surface area (Å²) >= 11 is 1.89. The molecule has 0 spiro atoms. The first-order chi connectivity index (χ1) is 4.79. The van der Waals surface area contributed by atoms with Crippen LogP contribution in [-0.2, 0) is 4.74 Å². The quantitative estimate of drug-likeness (QED) is 0.654. The minimum Gasteiger partial charge on any atom is -0.365 e. The monoisotopic (exact) mass is 161 g/mol. The molecular weight excluding hydrogens is 146 g/mol. The van der Waals surface area contributed by atoms with Crippen LogP contribution in [0.5, 0.6) is 0 Å². The Kier molecular flexibility index (Phi) is 3.52. The molecule has 0 aliphatic carbocycles. The van der Waals surface area contributed by atoms with Crippen molar-refractivity contribution in [1.82, 2.24) is 5.32 Å². The van der Waals surface area contributed by atoms with Gasteiger partial charge in [0, 0.05) is 18.3 Å². The molecule has 2 nitrogen and oxygen atoms in total. The van der Waals surface area contributed by atoms with Crippen molar-refractivity contribution in [3.05, 3.63) is 0 Å². The van der Waals surface area contributed by atoms with Gasteiger partial charge in [0.25, 0.3) is 0 Å². The lowest BCUT2D eigenvalue weighted by Gasteiger charge is -2.24. The molecule has 0 aromatic heterocycles. The molecule has 1 rings (SSSR count). The smallest absolute Gasteiger partial charge is 0.115 e. The number of morpholine rings is 1. The first-order valence-corrected chi connectivity index (χ1v) is 4.71. The third-order valence-corrected chi connectivity index (χ3v) is 2.47. The van der Waals surface area contributed by atoms with E-state index in [1.807, 2.05) is 11.8 Å². The highest BCUT2D eigenvalue weighted by atomic mass is 32.2. The highest BCUT2D eigenvalue weighted by Crippen LogP contribution is 2.18. The summed E-state index contributed by atoms with van der Waals surface area (Å²) in [6.45, 7) is 7.27. The summed E-state index contributed by atoms with van der Waals surface area (Å²) in [4.78, 5) is 0. The van der Waals surface area contributed by atoms with Crippen molar-refractivity contribution in [2.45, 2.75) is 24.5 Å². The predicted molar refractivity (Wildman–Crippen MR) is 45.3 cm³/mol. The van der Waals surface area contributed by atoms with Gasteiger partial charge >= 0.3 is 0 Å². The van der Waals surface area contributed by atoms with Gasteiger partial charge in [0.15, 0.2) is 0 Å². The number of ether oxygens (including phenoxy) is 1. The zero-order chi connectivity index (χ0) is 7.40. The van der Waals surface area contributed by atoms with Gasteiger partial charge in [0.05, 0.1) is 6.61 Å². The Labute approximate surface area is 66.7 Å². The van der Waals surface area contributed by atoms with Crippen molar-refractivity contribution < 1.29 is 4.74 Å². The van der Waals surface area contributed by atoms with Gasteiger partial charge in [-0.05, 0) is 0 Å². The summed E-state index contributed by atoms with van der Waals surface area (Å²) in [6.07, 6.45) is 0. The molecule has 0 radical (unpaired) electrons. The molecule has 1 aliphatic heterocycles. The molecule has 0 saturated carbocycles. The standard InChI is InChI=1S/C7H15NOS/c1-6(2)10-7-5-8-3-4-9-7/h6-8H,3-5H2,1-2H3. The van der Waals surface area contributed by atoms with Gasteiger partial charge in [0.2, 0.25) is 0 Å². The predicted octanol–water partition coefficient (Wildman–Crippen LogP) is 1.07. The van der Waals surface area contributed by atoms with E-state index in [9.17, 15) is 0 Å². The van der Waals surface area contributed by atoms with Gasteiger partial charge in [-0.3, -0.25) is 0 Å². The second-order valence-electron chi connectivity index (χ2n) is 2.69. The molecule has 1 fully saturated rings. The zero-order valence-corrected chi connectivity index (χ0v) is 7.41. The first-order valence-electron chi connectivity index (χ1n) is 3.77. The van der Waals surface area contributed by atoms with Gasteiger partial charge in [-0.15, -0.1) is 11.8 Å². The Morgan fingerprint density at radius 2 is 2.40 bits per heavy atom. The topological polar surface area (TPSA) is 21.3 Å². The van der Waals surface area contributed by atoms with Gasteiger partial charge < -0.3 is 10.1 Å². The lowest BCUT2D eigenvalue weighted by atomic mass is 10.5. The Bertz CT molecular complexity index is 91.6. The summed E-state index contributed by atoms with van der Waals surface area (Å²) in [5.74, 6) is 0. The molecule has 60 valence electrons. The molecule has 1 aliphatic rings. The Hall–Kier alpha value is 0.270. The first kappa shape index (κ1) is 8.37. The van der Waals surface area contributed by atoms with Crippen molar-refractivity contribution in [3.63, 3.8) is 0 Å². The van der Waals surface area contributed by atoms with Gasteiger partial charge in [-0.2, -0.15) is 0 Å². The van der Waals surface area contributed by atoms with Crippen molar-refractivity contribution in [2.24, 2.45) is 0 Å². The lowest BCUT2D eigenvalue weighted by molar-refractivity contribution is 0.0850. The summed E-state index contributed by atoms with van der Waals surface area (Å²) in [6, 6.07) is 0. The van der Waals surface area contributed by atoms with Crippen molar-refractivity contribution in [2.75, 3.05) is 19.7 Å². The van der Waals surface area contributed by atoms with E-state index in [1.54, 1.807) is 0 Å². The van der Waals surface area contributed by atoms with Crippen LogP contribution < -0.4 is 5.32 Å². The Morgan fingerprint density at radius 3 is 2.90 bits per heavy atom. The number of rotatable bonds is 2. The SMILES string of the molecule is CC(C)SC1CNCCO1. The fraction of sp³-hybridized carbons (Fsp3) is 1.00. The summed E-state index contributed by atoms with van der Waals surface area (Å²) in [7, 11) is 0. The average molecular weight is 161 g/mol. The summed E-state index contributed by atoms with van der Waals surface area (Å²) in [5.41, 5.74) is 0.383. The van der Waals surface area contributed by atoms with Crippen LogP contribution in [-0.4, -0.2) is 30.4 Å². The van der Waals surface area contributed by atoms with Gasteiger partial charge in [-0.25, -0.2) is 0 Å². The van der Waals surface area contributed by atoms with E-state index >= 15 is 0 Å². The highest BCUT2D eigenvalue weighted by molar-refractivity contribution is 8.00. The number of hydrogen-bond acceptors (Lipinski definition) is 3. The molecule has 0 amide bonds. The average Bonchev–Trinajstić information content (AvgIpc) is 1.88. The lowest BCUT2D eigenvalue weighted by Crippen LogP contribution is -2.37. The maximum absolute atomic E-state index is 5.49. The van der Waals surface area contributed by atoms with Gasteiger partial charge in [-0.1, -0.05) is 13.8 Å². The molecule has 10 heavy (non-hydrogen) atoms. The molecule has 0 aromatic carbocycles. The van der Waals surface area contributed by atoms with Crippen LogP contribution in [0.15, 0.2) is 0 Å². The maximum Gasteiger partial charge on any atom is 0.115 e. The normalized spacial score (nSPS) is 27.3. The zero-order valence-electron chi connectivity index (χ0n) is 6.59. The molecule has 1 heterocycles. The van der Waals surface area contributed by atoms with Crippen molar-refractivity contribution in [3.8, 4) is 0 Å². The molecular formula is C7H15NOS. The van der Waals surface area contributed by atoms with Crippen LogP contribution in [0, 0.1) is 0 Å². The van der Waals surface area contributed by atoms with Crippen LogP contribution in [0.2, 0.25) is 0 Å². The fourth-order valence-corrected chi connectivity index (χ4v) is 1.93. The largest absolute Gasteiger partial charge is 0.365 e. The van der Waals surface area contributed by atoms with Crippen LogP contribution in [0.4, 0.5) is 0 Å². The van der Waals surface area contributed by atoms with Crippen LogP contribution in [0.1, 0.15) is 13.8 Å². The molecule has 0 aromatic rings. The van der Waals surface area contributed by atoms with E-state index < -0.39 is 0 Å². The van der Waals surface area contributed by atoms with E-state index in [4.69, 9.17) is 4.74 Å². The van der Waals surface area contributed by atoms with Crippen LogP contribution in [0.3, 0.4) is 0 Å². The second-order valence-corrected chi connectivity index (χ2v) is 4.43. The minimum absolute atomic E-state index is 0.383. The van der Waals surface area contributed by atoms with Crippen molar-refractivity contribution in [1.29, 1.82) is 0 Å². The van der Waals surface area contributed by atoms with Crippen LogP contribution in [0.25, 0.3) is 0 Å². The van der Waals surface area contributed by atoms with Crippen LogP contribution >= 0.6 is 11.8 Å². The summed E-state index contributed by atoms with van der Waals surface area (Å²) < 4.78 is 5.49. The molecule has 0 bridgehead atoms. The van der Waals surface area contributed by atoms with Gasteiger partial charge in [0.1, 0.15) is 5.44 Å². The Morgan fingerprint density at radius 1 is 1.60 bits per heavy atom.